The molecular weight excluding hydrogens is 589 g/mol. The van der Waals surface area contributed by atoms with E-state index in [1.807, 2.05) is 19.9 Å². The monoisotopic (exact) mass is 627 g/mol. The highest BCUT2D eigenvalue weighted by atomic mass is 35.5. The van der Waals surface area contributed by atoms with Crippen molar-refractivity contribution in [2.75, 3.05) is 51.7 Å². The van der Waals surface area contributed by atoms with Gasteiger partial charge in [0.1, 0.15) is 23.3 Å². The minimum absolute atomic E-state index is 0.0212. The Morgan fingerprint density at radius 1 is 1.20 bits per heavy atom. The van der Waals surface area contributed by atoms with Crippen LogP contribution in [-0.2, 0) is 4.74 Å². The third kappa shape index (κ3) is 5.53. The van der Waals surface area contributed by atoms with Gasteiger partial charge in [-0.3, -0.25) is 5.10 Å². The van der Waals surface area contributed by atoms with Crippen LogP contribution in [0.2, 0.25) is 5.02 Å². The van der Waals surface area contributed by atoms with E-state index in [0.29, 0.717) is 53.9 Å². The molecule has 236 valence electrons. The maximum absolute atomic E-state index is 16.8. The van der Waals surface area contributed by atoms with Crippen molar-refractivity contribution in [2.45, 2.75) is 58.4 Å². The lowest BCUT2D eigenvalue weighted by atomic mass is 9.76. The van der Waals surface area contributed by atoms with Crippen molar-refractivity contribution in [1.29, 1.82) is 0 Å². The van der Waals surface area contributed by atoms with Gasteiger partial charge in [0.25, 0.3) is 0 Å². The van der Waals surface area contributed by atoms with Crippen LogP contribution >= 0.6 is 11.6 Å². The molecule has 1 aliphatic carbocycles. The van der Waals surface area contributed by atoms with Gasteiger partial charge in [0.15, 0.2) is 11.6 Å². The van der Waals surface area contributed by atoms with Crippen molar-refractivity contribution in [3.63, 3.8) is 0 Å². The first-order chi connectivity index (χ1) is 21.4. The molecule has 3 aromatic heterocycles. The third-order valence-corrected chi connectivity index (χ3v) is 9.46. The van der Waals surface area contributed by atoms with E-state index in [4.69, 9.17) is 30.8 Å². The fourth-order valence-electron chi connectivity index (χ4n) is 6.73. The Bertz CT molecular complexity index is 1650. The first kappa shape index (κ1) is 30.7. The Kier molecular flexibility index (Phi) is 9.04. The summed E-state index contributed by atoms with van der Waals surface area (Å²) in [5.41, 5.74) is 1.71. The lowest BCUT2D eigenvalue weighted by Crippen LogP contribution is -2.49. The number of rotatable bonds is 12. The number of aliphatic hydroxyl groups is 1. The first-order valence-electron chi connectivity index (χ1n) is 15.3. The SMILES string of the molecule is CCCOCCN(CO)c1nc(OCC23CCCNC2CCC3)nc2c(F)c(-c3c(Cl)c(C)cc4[nH]ncc34)nc(OC)c12. The molecule has 4 heterocycles. The standard InChI is InChI=1S/C31H39ClFN7O4/c1-4-12-43-13-11-40(17-41)28-23-27(37-30(38-28)44-16-31-8-5-7-21(31)34-10-6-9-31)25(33)26(36-29(23)42-3)22-19-15-35-39-20(19)14-18(2)24(22)32/h14-15,21,34,41H,4-13,16-17H2,1-3H3,(H,35,39). The van der Waals surface area contributed by atoms with Gasteiger partial charge in [-0.15, -0.1) is 0 Å². The van der Waals surface area contributed by atoms with Gasteiger partial charge < -0.3 is 29.5 Å². The average Bonchev–Trinajstić information content (AvgIpc) is 3.68. The van der Waals surface area contributed by atoms with Gasteiger partial charge in [0.2, 0.25) is 5.88 Å². The fraction of sp³-hybridized carbons (Fsp3) is 0.548. The number of pyridine rings is 1. The molecule has 4 aromatic rings. The lowest BCUT2D eigenvalue weighted by Gasteiger charge is -2.39. The fourth-order valence-corrected chi connectivity index (χ4v) is 6.98. The van der Waals surface area contributed by atoms with E-state index >= 15 is 4.39 Å². The van der Waals surface area contributed by atoms with Gasteiger partial charge in [0, 0.05) is 35.6 Å². The Balaban J connectivity index is 1.51. The number of ether oxygens (including phenoxy) is 3. The number of nitrogens with zero attached hydrogens (tertiary/aromatic N) is 5. The zero-order valence-corrected chi connectivity index (χ0v) is 26.1. The molecule has 1 saturated heterocycles. The zero-order chi connectivity index (χ0) is 30.8. The predicted octanol–water partition coefficient (Wildman–Crippen LogP) is 5.16. The molecule has 0 radical (unpaired) electrons. The van der Waals surface area contributed by atoms with Crippen LogP contribution in [0.4, 0.5) is 10.2 Å². The number of fused-ring (bicyclic) bond motifs is 3. The molecular formula is C31H39ClFN7O4. The van der Waals surface area contributed by atoms with Gasteiger partial charge in [-0.25, -0.2) is 9.37 Å². The van der Waals surface area contributed by atoms with E-state index < -0.39 is 12.5 Å². The molecule has 2 fully saturated rings. The molecule has 1 aromatic carbocycles. The molecule has 2 unspecified atom stereocenters. The Hall–Kier alpha value is -3.32. The summed E-state index contributed by atoms with van der Waals surface area (Å²) in [5.74, 6) is -0.375. The summed E-state index contributed by atoms with van der Waals surface area (Å²) >= 11 is 6.78. The number of aliphatic hydroxyl groups excluding tert-OH is 1. The van der Waals surface area contributed by atoms with E-state index in [1.54, 1.807) is 11.1 Å². The number of aromatic amines is 1. The average molecular weight is 628 g/mol. The Morgan fingerprint density at radius 3 is 2.84 bits per heavy atom. The number of aromatic nitrogens is 5. The molecule has 44 heavy (non-hydrogen) atoms. The summed E-state index contributed by atoms with van der Waals surface area (Å²) in [4.78, 5) is 15.5. The van der Waals surface area contributed by atoms with Crippen molar-refractivity contribution in [3.8, 4) is 23.1 Å². The predicted molar refractivity (Wildman–Crippen MR) is 167 cm³/mol. The molecule has 6 rings (SSSR count). The number of hydrogen-bond donors (Lipinski definition) is 3. The summed E-state index contributed by atoms with van der Waals surface area (Å²) < 4.78 is 34.6. The van der Waals surface area contributed by atoms with Crippen LogP contribution < -0.4 is 19.7 Å². The largest absolute Gasteiger partial charge is 0.480 e. The van der Waals surface area contributed by atoms with Gasteiger partial charge in [-0.1, -0.05) is 24.9 Å². The zero-order valence-electron chi connectivity index (χ0n) is 25.4. The Morgan fingerprint density at radius 2 is 2.05 bits per heavy atom. The molecule has 0 bridgehead atoms. The second-order valence-electron chi connectivity index (χ2n) is 11.7. The number of anilines is 1. The van der Waals surface area contributed by atoms with Gasteiger partial charge in [0.05, 0.1) is 37.1 Å². The normalized spacial score (nSPS) is 19.9. The summed E-state index contributed by atoms with van der Waals surface area (Å²) in [7, 11) is 1.45. The highest BCUT2D eigenvalue weighted by Gasteiger charge is 2.45. The van der Waals surface area contributed by atoms with Crippen LogP contribution in [0.3, 0.4) is 0 Å². The van der Waals surface area contributed by atoms with Crippen LogP contribution in [-0.4, -0.2) is 83.0 Å². The number of piperidine rings is 1. The van der Waals surface area contributed by atoms with Crippen LogP contribution in [0.1, 0.15) is 51.0 Å². The lowest BCUT2D eigenvalue weighted by molar-refractivity contribution is 0.0798. The highest BCUT2D eigenvalue weighted by Crippen LogP contribution is 2.46. The summed E-state index contributed by atoms with van der Waals surface area (Å²) in [5, 5.41) is 22.3. The number of halogens is 2. The van der Waals surface area contributed by atoms with Crippen molar-refractivity contribution < 1.29 is 23.7 Å². The van der Waals surface area contributed by atoms with Crippen molar-refractivity contribution in [1.82, 2.24) is 30.5 Å². The van der Waals surface area contributed by atoms with Crippen LogP contribution in [0.5, 0.6) is 11.9 Å². The Labute approximate surface area is 260 Å². The number of methoxy groups -OCH3 is 1. The third-order valence-electron chi connectivity index (χ3n) is 8.97. The molecule has 11 nitrogen and oxygen atoms in total. The van der Waals surface area contributed by atoms with Crippen molar-refractivity contribution in [3.05, 3.63) is 28.7 Å². The van der Waals surface area contributed by atoms with E-state index in [-0.39, 0.29) is 39.7 Å². The smallest absolute Gasteiger partial charge is 0.319 e. The van der Waals surface area contributed by atoms with Gasteiger partial charge >= 0.3 is 6.01 Å². The topological polar surface area (TPSA) is 131 Å². The van der Waals surface area contributed by atoms with Crippen LogP contribution in [0.15, 0.2) is 12.3 Å². The molecule has 1 saturated carbocycles. The maximum Gasteiger partial charge on any atom is 0.319 e. The minimum Gasteiger partial charge on any atom is -0.480 e. The van der Waals surface area contributed by atoms with E-state index in [2.05, 4.69) is 25.5 Å². The molecule has 0 amide bonds. The van der Waals surface area contributed by atoms with Gasteiger partial charge in [-0.2, -0.15) is 15.1 Å². The molecule has 3 N–H and O–H groups in total. The number of nitrogens with one attached hydrogen (secondary N) is 2. The van der Waals surface area contributed by atoms with Gasteiger partial charge in [-0.05, 0) is 57.2 Å². The summed E-state index contributed by atoms with van der Waals surface area (Å²) in [6, 6.07) is 2.24. The minimum atomic E-state index is -0.708. The van der Waals surface area contributed by atoms with E-state index in [9.17, 15) is 5.11 Å². The molecule has 2 atom stereocenters. The quantitative estimate of drug-likeness (QED) is 0.143. The number of benzene rings is 1. The van der Waals surface area contributed by atoms with Crippen LogP contribution in [0.25, 0.3) is 33.1 Å². The maximum atomic E-state index is 16.8. The second kappa shape index (κ2) is 13.0. The van der Waals surface area contributed by atoms with E-state index in [1.165, 1.54) is 7.11 Å². The number of aryl methyl sites for hydroxylation is 1. The molecule has 0 spiro atoms. The molecule has 1 aliphatic heterocycles. The van der Waals surface area contributed by atoms with Crippen LogP contribution in [0, 0.1) is 18.2 Å². The van der Waals surface area contributed by atoms with Crippen molar-refractivity contribution in [2.24, 2.45) is 5.41 Å². The molecule has 13 heteroatoms. The summed E-state index contributed by atoms with van der Waals surface area (Å²) in [6.45, 7) is 6.08. The van der Waals surface area contributed by atoms with E-state index in [0.717, 1.165) is 50.6 Å². The van der Waals surface area contributed by atoms with Crippen molar-refractivity contribution >= 4 is 39.2 Å². The first-order valence-corrected chi connectivity index (χ1v) is 15.7. The molecule has 2 aliphatic rings. The summed E-state index contributed by atoms with van der Waals surface area (Å²) in [6.07, 6.45) is 7.85. The second-order valence-corrected chi connectivity index (χ2v) is 12.1. The highest BCUT2D eigenvalue weighted by molar-refractivity contribution is 6.35. The number of hydrogen-bond acceptors (Lipinski definition) is 10. The number of H-pyrrole nitrogens is 1.